The fourth-order valence-corrected chi connectivity index (χ4v) is 1.81. The molecule has 0 aliphatic rings. The van der Waals surface area contributed by atoms with Crippen LogP contribution in [-0.4, -0.2) is 19.2 Å². The average Bonchev–Trinajstić information content (AvgIpc) is 2.47. The molecule has 0 aromatic heterocycles. The summed E-state index contributed by atoms with van der Waals surface area (Å²) in [7, 11) is 1.32. The van der Waals surface area contributed by atoms with Crippen molar-refractivity contribution in [2.24, 2.45) is 0 Å². The standard InChI is InChI=1S/C15H12F3NO2/c1-21-13-8-7-11(10-5-3-2-4-6-10)9-12(13)19-14(20)15(16,17)18/h2-9H,1H3,(H,19,20). The van der Waals surface area contributed by atoms with Crippen molar-refractivity contribution in [3.8, 4) is 16.9 Å². The van der Waals surface area contributed by atoms with E-state index in [0.717, 1.165) is 5.56 Å². The van der Waals surface area contributed by atoms with Gasteiger partial charge in [0.1, 0.15) is 5.75 Å². The summed E-state index contributed by atoms with van der Waals surface area (Å²) >= 11 is 0. The first-order chi connectivity index (χ1) is 9.91. The van der Waals surface area contributed by atoms with E-state index in [9.17, 15) is 18.0 Å². The summed E-state index contributed by atoms with van der Waals surface area (Å²) in [5.74, 6) is -1.88. The lowest BCUT2D eigenvalue weighted by Gasteiger charge is -2.13. The van der Waals surface area contributed by atoms with Gasteiger partial charge in [-0.1, -0.05) is 36.4 Å². The van der Waals surface area contributed by atoms with Crippen molar-refractivity contribution in [1.82, 2.24) is 0 Å². The molecule has 0 saturated carbocycles. The predicted molar refractivity (Wildman–Crippen MR) is 73.1 cm³/mol. The number of benzene rings is 2. The second-order valence-electron chi connectivity index (χ2n) is 4.23. The number of hydrogen-bond acceptors (Lipinski definition) is 2. The minimum absolute atomic E-state index is 0.0267. The van der Waals surface area contributed by atoms with Gasteiger partial charge in [0.2, 0.25) is 0 Å². The van der Waals surface area contributed by atoms with Gasteiger partial charge < -0.3 is 10.1 Å². The minimum atomic E-state index is -4.95. The largest absolute Gasteiger partial charge is 0.495 e. The Kier molecular flexibility index (Phi) is 4.16. The van der Waals surface area contributed by atoms with Crippen LogP contribution < -0.4 is 10.1 Å². The first-order valence-corrected chi connectivity index (χ1v) is 6.03. The van der Waals surface area contributed by atoms with Gasteiger partial charge in [-0.15, -0.1) is 0 Å². The molecule has 110 valence electrons. The molecular formula is C15H12F3NO2. The molecule has 0 saturated heterocycles. The maximum absolute atomic E-state index is 12.3. The number of anilines is 1. The highest BCUT2D eigenvalue weighted by Crippen LogP contribution is 2.31. The van der Waals surface area contributed by atoms with Gasteiger partial charge in [0, 0.05) is 0 Å². The van der Waals surface area contributed by atoms with Crippen LogP contribution in [0.4, 0.5) is 18.9 Å². The molecule has 2 aromatic rings. The number of alkyl halides is 3. The smallest absolute Gasteiger partial charge is 0.471 e. The Hall–Kier alpha value is -2.50. The Morgan fingerprint density at radius 2 is 1.71 bits per heavy atom. The normalized spacial score (nSPS) is 11.0. The molecule has 21 heavy (non-hydrogen) atoms. The Morgan fingerprint density at radius 3 is 2.29 bits per heavy atom. The van der Waals surface area contributed by atoms with Crippen LogP contribution in [0.5, 0.6) is 5.75 Å². The number of hydrogen-bond donors (Lipinski definition) is 1. The molecule has 6 heteroatoms. The van der Waals surface area contributed by atoms with Gasteiger partial charge in [-0.3, -0.25) is 4.79 Å². The summed E-state index contributed by atoms with van der Waals surface area (Å²) < 4.78 is 42.0. The Balaban J connectivity index is 2.37. The van der Waals surface area contributed by atoms with Crippen molar-refractivity contribution in [3.63, 3.8) is 0 Å². The lowest BCUT2D eigenvalue weighted by Crippen LogP contribution is -2.30. The highest BCUT2D eigenvalue weighted by atomic mass is 19.4. The number of carbonyl (C=O) groups is 1. The summed E-state index contributed by atoms with van der Waals surface area (Å²) in [6.45, 7) is 0. The summed E-state index contributed by atoms with van der Waals surface area (Å²) in [5.41, 5.74) is 1.47. The van der Waals surface area contributed by atoms with Gasteiger partial charge in [0.05, 0.1) is 12.8 Å². The molecule has 0 spiro atoms. The van der Waals surface area contributed by atoms with Crippen LogP contribution in [0.3, 0.4) is 0 Å². The molecule has 0 bridgehead atoms. The zero-order chi connectivity index (χ0) is 15.5. The van der Waals surface area contributed by atoms with Gasteiger partial charge >= 0.3 is 12.1 Å². The lowest BCUT2D eigenvalue weighted by atomic mass is 10.0. The summed E-state index contributed by atoms with van der Waals surface area (Å²) in [4.78, 5) is 11.1. The monoisotopic (exact) mass is 295 g/mol. The van der Waals surface area contributed by atoms with Crippen LogP contribution >= 0.6 is 0 Å². The Morgan fingerprint density at radius 1 is 1.05 bits per heavy atom. The molecule has 0 fully saturated rings. The highest BCUT2D eigenvalue weighted by molar-refractivity contribution is 5.96. The lowest BCUT2D eigenvalue weighted by molar-refractivity contribution is -0.167. The van der Waals surface area contributed by atoms with E-state index in [1.165, 1.54) is 19.2 Å². The molecule has 0 heterocycles. The van der Waals surface area contributed by atoms with Crippen molar-refractivity contribution < 1.29 is 22.7 Å². The third-order valence-corrected chi connectivity index (χ3v) is 2.81. The number of nitrogens with one attached hydrogen (secondary N) is 1. The van der Waals surface area contributed by atoms with E-state index in [2.05, 4.69) is 0 Å². The zero-order valence-electron chi connectivity index (χ0n) is 11.1. The van der Waals surface area contributed by atoms with Crippen molar-refractivity contribution in [2.45, 2.75) is 6.18 Å². The molecule has 2 rings (SSSR count). The molecule has 3 nitrogen and oxygen atoms in total. The van der Waals surface area contributed by atoms with Gasteiger partial charge in [-0.05, 0) is 23.3 Å². The van der Waals surface area contributed by atoms with Gasteiger partial charge in [0.15, 0.2) is 0 Å². The Bertz CT molecular complexity index is 639. The first kappa shape index (κ1) is 14.9. The van der Waals surface area contributed by atoms with Crippen molar-refractivity contribution >= 4 is 11.6 Å². The molecule has 0 radical (unpaired) electrons. The number of amides is 1. The maximum Gasteiger partial charge on any atom is 0.471 e. The molecule has 0 unspecified atom stereocenters. The average molecular weight is 295 g/mol. The van der Waals surface area contributed by atoms with Crippen molar-refractivity contribution in [2.75, 3.05) is 12.4 Å². The summed E-state index contributed by atoms with van der Waals surface area (Å²) in [6, 6.07) is 13.7. The Labute approximate surface area is 119 Å². The van der Waals surface area contributed by atoms with E-state index in [1.54, 1.807) is 6.07 Å². The van der Waals surface area contributed by atoms with Crippen LogP contribution in [0.1, 0.15) is 0 Å². The molecule has 1 N–H and O–H groups in total. The van der Waals surface area contributed by atoms with E-state index >= 15 is 0 Å². The summed E-state index contributed by atoms with van der Waals surface area (Å²) in [5, 5.41) is 1.82. The second-order valence-corrected chi connectivity index (χ2v) is 4.23. The third-order valence-electron chi connectivity index (χ3n) is 2.81. The predicted octanol–water partition coefficient (Wildman–Crippen LogP) is 3.86. The quantitative estimate of drug-likeness (QED) is 0.933. The van der Waals surface area contributed by atoms with Crippen LogP contribution in [0.25, 0.3) is 11.1 Å². The number of carbonyl (C=O) groups excluding carboxylic acids is 1. The molecule has 0 aliphatic carbocycles. The number of halogens is 3. The maximum atomic E-state index is 12.3. The van der Waals surface area contributed by atoms with E-state index in [4.69, 9.17) is 4.74 Å². The van der Waals surface area contributed by atoms with Gasteiger partial charge in [-0.25, -0.2) is 0 Å². The van der Waals surface area contributed by atoms with Gasteiger partial charge in [0.25, 0.3) is 0 Å². The molecule has 2 aromatic carbocycles. The molecular weight excluding hydrogens is 283 g/mol. The molecule has 0 atom stereocenters. The topological polar surface area (TPSA) is 38.3 Å². The number of ether oxygens (including phenoxy) is 1. The van der Waals surface area contributed by atoms with E-state index in [0.29, 0.717) is 5.56 Å². The fraction of sp³-hybridized carbons (Fsp3) is 0.133. The summed E-state index contributed by atoms with van der Waals surface area (Å²) in [6.07, 6.45) is -4.95. The third kappa shape index (κ3) is 3.53. The second kappa shape index (κ2) is 5.87. The zero-order valence-corrected chi connectivity index (χ0v) is 11.1. The molecule has 1 amide bonds. The van der Waals surface area contributed by atoms with Crippen LogP contribution in [-0.2, 0) is 4.79 Å². The highest BCUT2D eigenvalue weighted by Gasteiger charge is 2.39. The SMILES string of the molecule is COc1ccc(-c2ccccc2)cc1NC(=O)C(F)(F)F. The number of rotatable bonds is 3. The van der Waals surface area contributed by atoms with Crippen LogP contribution in [0.15, 0.2) is 48.5 Å². The number of methoxy groups -OCH3 is 1. The first-order valence-electron chi connectivity index (χ1n) is 6.03. The van der Waals surface area contributed by atoms with E-state index < -0.39 is 12.1 Å². The van der Waals surface area contributed by atoms with Crippen LogP contribution in [0, 0.1) is 0 Å². The van der Waals surface area contributed by atoms with Crippen molar-refractivity contribution in [3.05, 3.63) is 48.5 Å². The van der Waals surface area contributed by atoms with Crippen LogP contribution in [0.2, 0.25) is 0 Å². The molecule has 0 aliphatic heterocycles. The van der Waals surface area contributed by atoms with Gasteiger partial charge in [-0.2, -0.15) is 13.2 Å². The minimum Gasteiger partial charge on any atom is -0.495 e. The van der Waals surface area contributed by atoms with E-state index in [1.807, 2.05) is 35.6 Å². The fourth-order valence-electron chi connectivity index (χ4n) is 1.81. The van der Waals surface area contributed by atoms with Crippen molar-refractivity contribution in [1.29, 1.82) is 0 Å². The van der Waals surface area contributed by atoms with E-state index in [-0.39, 0.29) is 11.4 Å².